The second-order valence-electron chi connectivity index (χ2n) is 10.6. The number of anilines is 3. The average Bonchev–Trinajstić information content (AvgIpc) is 3.11. The van der Waals surface area contributed by atoms with E-state index in [-0.39, 0.29) is 16.9 Å². The first-order chi connectivity index (χ1) is 22.9. The van der Waals surface area contributed by atoms with Crippen LogP contribution in [0.5, 0.6) is 5.75 Å². The summed E-state index contributed by atoms with van der Waals surface area (Å²) < 4.78 is 5.32. The van der Waals surface area contributed by atoms with Gasteiger partial charge in [-0.3, -0.25) is 19.3 Å². The van der Waals surface area contributed by atoms with Gasteiger partial charge in [0.15, 0.2) is 0 Å². The van der Waals surface area contributed by atoms with E-state index in [1.54, 1.807) is 73.5 Å². The molecule has 0 spiro atoms. The first kappa shape index (κ1) is 31.7. The van der Waals surface area contributed by atoms with E-state index in [0.29, 0.717) is 22.6 Å². The van der Waals surface area contributed by atoms with E-state index < -0.39 is 11.8 Å². The molecule has 0 saturated carbocycles. The van der Waals surface area contributed by atoms with Crippen LogP contribution in [0.2, 0.25) is 0 Å². The Morgan fingerprint density at radius 3 is 2.09 bits per heavy atom. The maximum Gasteiger partial charge on any atom is 0.272 e. The third-order valence-electron chi connectivity index (χ3n) is 7.36. The van der Waals surface area contributed by atoms with Gasteiger partial charge in [0.2, 0.25) is 5.91 Å². The Morgan fingerprint density at radius 1 is 0.787 bits per heavy atom. The molecule has 0 aromatic heterocycles. The van der Waals surface area contributed by atoms with Crippen LogP contribution in [0, 0.1) is 0 Å². The first-order valence-electron chi connectivity index (χ1n) is 14.9. The summed E-state index contributed by atoms with van der Waals surface area (Å²) in [5.74, 6) is -0.283. The number of fused-ring (bicyclic) bond motifs is 2. The number of para-hydroxylation sites is 2. The Bertz CT molecular complexity index is 1920. The van der Waals surface area contributed by atoms with Crippen LogP contribution in [0.4, 0.5) is 17.1 Å². The van der Waals surface area contributed by atoms with E-state index in [2.05, 4.69) is 10.6 Å². The van der Waals surface area contributed by atoms with Crippen molar-refractivity contribution in [2.45, 2.75) is 26.9 Å². The van der Waals surface area contributed by atoms with E-state index in [9.17, 15) is 14.4 Å². The maximum absolute atomic E-state index is 13.9. The molecule has 234 valence electrons. The highest BCUT2D eigenvalue weighted by Crippen LogP contribution is 2.48. The molecule has 0 radical (unpaired) electrons. The van der Waals surface area contributed by atoms with Gasteiger partial charge in [-0.2, -0.15) is 0 Å². The number of thioether (sulfide) groups is 1. The molecule has 1 atom stereocenters. The third kappa shape index (κ3) is 7.43. The normalized spacial score (nSPS) is 12.7. The topological polar surface area (TPSA) is 87.7 Å². The lowest BCUT2D eigenvalue weighted by Gasteiger charge is -2.32. The van der Waals surface area contributed by atoms with Gasteiger partial charge in [-0.25, -0.2) is 0 Å². The fourth-order valence-corrected chi connectivity index (χ4v) is 7.00. The Balaban J connectivity index is 1.17. The molecule has 1 unspecified atom stereocenters. The van der Waals surface area contributed by atoms with Crippen molar-refractivity contribution < 1.29 is 19.1 Å². The number of ether oxygens (including phenoxy) is 1. The summed E-state index contributed by atoms with van der Waals surface area (Å²) in [6.07, 6.45) is 1.60. The fourth-order valence-electron chi connectivity index (χ4n) is 5.03. The number of methoxy groups -OCH3 is 1. The summed E-state index contributed by atoms with van der Waals surface area (Å²) in [6.45, 7) is 1.90. The molecule has 5 aromatic rings. The molecule has 3 amide bonds. The monoisotopic (exact) mass is 657 g/mol. The summed E-state index contributed by atoms with van der Waals surface area (Å²) in [5, 5.41) is 5.26. The standard InChI is InChI=1S/C38H31N3O4S2/c1-25(38(44)41-32-15-6-8-17-34(32)47-35-18-9-7-16-33(35)41)46-30-21-19-28(20-22-30)39-37(43)31(24-26-11-10-14-29(23-26)45-2)40-36(42)27-12-4-3-5-13-27/h3-25H,1-2H3,(H,39,43)(H,40,42)/b31-24-. The summed E-state index contributed by atoms with van der Waals surface area (Å²) >= 11 is 3.11. The van der Waals surface area contributed by atoms with Gasteiger partial charge < -0.3 is 15.4 Å². The van der Waals surface area contributed by atoms with Crippen molar-refractivity contribution >= 4 is 64.4 Å². The molecule has 1 aliphatic heterocycles. The molecule has 0 aliphatic carbocycles. The Hall–Kier alpha value is -5.25. The number of hydrogen-bond donors (Lipinski definition) is 2. The first-order valence-corrected chi connectivity index (χ1v) is 16.6. The lowest BCUT2D eigenvalue weighted by molar-refractivity contribution is -0.117. The highest BCUT2D eigenvalue weighted by atomic mass is 32.2. The Morgan fingerprint density at radius 2 is 1.43 bits per heavy atom. The van der Waals surface area contributed by atoms with Crippen molar-refractivity contribution in [2.75, 3.05) is 17.3 Å². The largest absolute Gasteiger partial charge is 0.497 e. The molecule has 9 heteroatoms. The van der Waals surface area contributed by atoms with Gasteiger partial charge in [0.05, 0.1) is 23.7 Å². The summed E-state index contributed by atoms with van der Waals surface area (Å²) in [5.41, 5.74) is 3.49. The van der Waals surface area contributed by atoms with E-state index in [1.807, 2.05) is 90.7 Å². The van der Waals surface area contributed by atoms with Gasteiger partial charge in [-0.1, -0.05) is 66.4 Å². The molecule has 0 bridgehead atoms. The average molecular weight is 658 g/mol. The minimum atomic E-state index is -0.485. The lowest BCUT2D eigenvalue weighted by Crippen LogP contribution is -2.34. The minimum Gasteiger partial charge on any atom is -0.497 e. The number of amides is 3. The minimum absolute atomic E-state index is 0.0194. The van der Waals surface area contributed by atoms with Crippen LogP contribution in [0.25, 0.3) is 6.08 Å². The second-order valence-corrected chi connectivity index (χ2v) is 13.1. The lowest BCUT2D eigenvalue weighted by atomic mass is 10.1. The predicted octanol–water partition coefficient (Wildman–Crippen LogP) is 8.41. The number of hydrogen-bond acceptors (Lipinski definition) is 6. The molecular weight excluding hydrogens is 627 g/mol. The molecule has 1 aliphatic rings. The number of carbonyl (C=O) groups excluding carboxylic acids is 3. The predicted molar refractivity (Wildman–Crippen MR) is 189 cm³/mol. The van der Waals surface area contributed by atoms with Crippen LogP contribution < -0.4 is 20.3 Å². The summed E-state index contributed by atoms with van der Waals surface area (Å²) in [7, 11) is 1.57. The number of nitrogens with zero attached hydrogens (tertiary/aromatic N) is 1. The van der Waals surface area contributed by atoms with E-state index in [4.69, 9.17) is 4.74 Å². The van der Waals surface area contributed by atoms with Crippen molar-refractivity contribution in [1.29, 1.82) is 0 Å². The van der Waals surface area contributed by atoms with Crippen LogP contribution in [0.15, 0.2) is 148 Å². The van der Waals surface area contributed by atoms with Crippen LogP contribution >= 0.6 is 23.5 Å². The van der Waals surface area contributed by atoms with Crippen LogP contribution in [-0.4, -0.2) is 30.1 Å². The van der Waals surface area contributed by atoms with Gasteiger partial charge in [-0.05, 0) is 91.4 Å². The quantitative estimate of drug-likeness (QED) is 0.122. The van der Waals surface area contributed by atoms with E-state index in [0.717, 1.165) is 26.1 Å². The smallest absolute Gasteiger partial charge is 0.272 e. The zero-order chi connectivity index (χ0) is 32.8. The molecule has 1 heterocycles. The van der Waals surface area contributed by atoms with Gasteiger partial charge in [-0.15, -0.1) is 11.8 Å². The van der Waals surface area contributed by atoms with Gasteiger partial charge >= 0.3 is 0 Å². The van der Waals surface area contributed by atoms with Crippen molar-refractivity contribution in [3.05, 3.63) is 144 Å². The zero-order valence-electron chi connectivity index (χ0n) is 25.7. The Kier molecular flexibility index (Phi) is 9.75. The molecule has 0 saturated heterocycles. The molecule has 5 aromatic carbocycles. The number of nitrogens with one attached hydrogen (secondary N) is 2. The number of benzene rings is 5. The van der Waals surface area contributed by atoms with Crippen molar-refractivity contribution in [2.24, 2.45) is 0 Å². The van der Waals surface area contributed by atoms with Crippen LogP contribution in [0.3, 0.4) is 0 Å². The van der Waals surface area contributed by atoms with E-state index >= 15 is 0 Å². The highest BCUT2D eigenvalue weighted by molar-refractivity contribution is 8.00. The number of carbonyl (C=O) groups is 3. The molecular formula is C38H31N3O4S2. The molecule has 0 fully saturated rings. The number of rotatable bonds is 9. The summed E-state index contributed by atoms with van der Waals surface area (Å²) in [6, 6.07) is 39.1. The summed E-state index contributed by atoms with van der Waals surface area (Å²) in [4.78, 5) is 45.1. The molecule has 7 nitrogen and oxygen atoms in total. The maximum atomic E-state index is 13.9. The SMILES string of the molecule is COc1cccc(/C=C(\NC(=O)c2ccccc2)C(=O)Nc2ccc(SC(C)C(=O)N3c4ccccc4Sc4ccccc43)cc2)c1. The van der Waals surface area contributed by atoms with E-state index in [1.165, 1.54) is 11.8 Å². The van der Waals surface area contributed by atoms with Crippen LogP contribution in [0.1, 0.15) is 22.8 Å². The highest BCUT2D eigenvalue weighted by Gasteiger charge is 2.31. The third-order valence-corrected chi connectivity index (χ3v) is 9.59. The molecule has 47 heavy (non-hydrogen) atoms. The zero-order valence-corrected chi connectivity index (χ0v) is 27.3. The van der Waals surface area contributed by atoms with Gasteiger partial charge in [0, 0.05) is 25.9 Å². The van der Waals surface area contributed by atoms with Gasteiger partial charge in [0.25, 0.3) is 11.8 Å². The fraction of sp³-hybridized carbons (Fsp3) is 0.0789. The van der Waals surface area contributed by atoms with Crippen molar-refractivity contribution in [3.63, 3.8) is 0 Å². The van der Waals surface area contributed by atoms with Crippen molar-refractivity contribution in [3.8, 4) is 5.75 Å². The van der Waals surface area contributed by atoms with Gasteiger partial charge in [0.1, 0.15) is 11.4 Å². The van der Waals surface area contributed by atoms with Crippen molar-refractivity contribution in [1.82, 2.24) is 5.32 Å². The second kappa shape index (κ2) is 14.5. The van der Waals surface area contributed by atoms with Crippen LogP contribution in [-0.2, 0) is 9.59 Å². The molecule has 6 rings (SSSR count). The molecule has 2 N–H and O–H groups in total. The Labute approximate surface area is 282 Å².